The maximum absolute atomic E-state index is 13.5. The van der Waals surface area contributed by atoms with E-state index in [1.54, 1.807) is 6.07 Å². The van der Waals surface area contributed by atoms with Gasteiger partial charge in [0, 0.05) is 12.1 Å². The predicted octanol–water partition coefficient (Wildman–Crippen LogP) is 1.89. The van der Waals surface area contributed by atoms with Crippen molar-refractivity contribution in [1.29, 1.82) is 0 Å². The molecule has 0 heterocycles. The molecule has 2 aromatic carbocycles. The molecule has 0 fully saturated rings. The van der Waals surface area contributed by atoms with Gasteiger partial charge in [-0.15, -0.1) is 0 Å². The number of ether oxygens (including phenoxy) is 1. The highest BCUT2D eigenvalue weighted by molar-refractivity contribution is 7.89. The number of halogens is 1. The van der Waals surface area contributed by atoms with Crippen molar-refractivity contribution in [2.45, 2.75) is 11.4 Å². The number of benzene rings is 2. The van der Waals surface area contributed by atoms with E-state index in [0.717, 1.165) is 0 Å². The van der Waals surface area contributed by atoms with E-state index in [9.17, 15) is 12.8 Å². The van der Waals surface area contributed by atoms with Crippen molar-refractivity contribution in [3.63, 3.8) is 0 Å². The standard InChI is InChI=1S/C14H15FN2O3S/c1-20-14-7-6-11(8-13(14)16)21(18,19)17-9-10-4-2-3-5-12(10)15/h2-8,17H,9,16H2,1H3. The second-order valence-corrected chi connectivity index (χ2v) is 6.09. The first kappa shape index (κ1) is 15.3. The lowest BCUT2D eigenvalue weighted by atomic mass is 10.2. The van der Waals surface area contributed by atoms with Crippen molar-refractivity contribution < 1.29 is 17.5 Å². The molecule has 2 rings (SSSR count). The molecule has 0 aromatic heterocycles. The fourth-order valence-corrected chi connectivity index (χ4v) is 2.82. The van der Waals surface area contributed by atoms with Gasteiger partial charge in [0.05, 0.1) is 17.7 Å². The zero-order chi connectivity index (χ0) is 15.5. The first-order valence-corrected chi connectivity index (χ1v) is 7.59. The van der Waals surface area contributed by atoms with Gasteiger partial charge < -0.3 is 10.5 Å². The molecule has 21 heavy (non-hydrogen) atoms. The molecule has 2 aromatic rings. The van der Waals surface area contributed by atoms with Crippen molar-refractivity contribution >= 4 is 15.7 Å². The molecular weight excluding hydrogens is 295 g/mol. The SMILES string of the molecule is COc1ccc(S(=O)(=O)NCc2ccccc2F)cc1N. The summed E-state index contributed by atoms with van der Waals surface area (Å²) in [6.07, 6.45) is 0. The normalized spacial score (nSPS) is 11.3. The number of hydrogen-bond acceptors (Lipinski definition) is 4. The summed E-state index contributed by atoms with van der Waals surface area (Å²) in [7, 11) is -2.33. The van der Waals surface area contributed by atoms with Crippen LogP contribution < -0.4 is 15.2 Å². The molecule has 0 saturated carbocycles. The third-order valence-electron chi connectivity index (χ3n) is 2.92. The van der Waals surface area contributed by atoms with Crippen LogP contribution in [-0.2, 0) is 16.6 Å². The lowest BCUT2D eigenvalue weighted by Gasteiger charge is -2.10. The maximum atomic E-state index is 13.5. The van der Waals surface area contributed by atoms with E-state index in [1.807, 2.05) is 0 Å². The molecule has 0 amide bonds. The van der Waals surface area contributed by atoms with Gasteiger partial charge in [0.2, 0.25) is 10.0 Å². The zero-order valence-electron chi connectivity index (χ0n) is 11.3. The summed E-state index contributed by atoms with van der Waals surface area (Å²) in [6, 6.07) is 10.1. The summed E-state index contributed by atoms with van der Waals surface area (Å²) in [5.74, 6) is -0.0718. The number of methoxy groups -OCH3 is 1. The Labute approximate surface area is 122 Å². The van der Waals surface area contributed by atoms with Gasteiger partial charge in [-0.25, -0.2) is 17.5 Å². The summed E-state index contributed by atoms with van der Waals surface area (Å²) in [5.41, 5.74) is 6.16. The fraction of sp³-hybridized carbons (Fsp3) is 0.143. The second-order valence-electron chi connectivity index (χ2n) is 4.32. The molecule has 0 aliphatic carbocycles. The molecule has 0 saturated heterocycles. The quantitative estimate of drug-likeness (QED) is 0.826. The number of nitrogens with two attached hydrogens (primary N) is 1. The molecule has 3 N–H and O–H groups in total. The smallest absolute Gasteiger partial charge is 0.240 e. The minimum absolute atomic E-state index is 0.00265. The maximum Gasteiger partial charge on any atom is 0.240 e. The average Bonchev–Trinajstić information content (AvgIpc) is 2.46. The summed E-state index contributed by atoms with van der Waals surface area (Å²) in [6.45, 7) is -0.138. The van der Waals surface area contributed by atoms with E-state index in [0.29, 0.717) is 5.75 Å². The minimum Gasteiger partial charge on any atom is -0.495 e. The van der Waals surface area contributed by atoms with Gasteiger partial charge in [-0.05, 0) is 24.3 Å². The van der Waals surface area contributed by atoms with Crippen molar-refractivity contribution in [3.05, 3.63) is 53.8 Å². The third-order valence-corrected chi connectivity index (χ3v) is 4.32. The van der Waals surface area contributed by atoms with E-state index in [4.69, 9.17) is 10.5 Å². The number of anilines is 1. The van der Waals surface area contributed by atoms with Crippen LogP contribution in [0.5, 0.6) is 5.75 Å². The van der Waals surface area contributed by atoms with Gasteiger partial charge in [-0.1, -0.05) is 18.2 Å². The van der Waals surface area contributed by atoms with E-state index in [1.165, 1.54) is 43.5 Å². The van der Waals surface area contributed by atoms with Crippen LogP contribution in [0.3, 0.4) is 0 Å². The molecule has 0 bridgehead atoms. The van der Waals surface area contributed by atoms with Crippen LogP contribution in [0.25, 0.3) is 0 Å². The molecular formula is C14H15FN2O3S. The Kier molecular flexibility index (Phi) is 4.44. The van der Waals surface area contributed by atoms with Crippen molar-refractivity contribution in [3.8, 4) is 5.75 Å². The van der Waals surface area contributed by atoms with Gasteiger partial charge in [0.25, 0.3) is 0 Å². The van der Waals surface area contributed by atoms with Gasteiger partial charge in [0.15, 0.2) is 0 Å². The Hall–Kier alpha value is -2.12. The number of nitrogens with one attached hydrogen (secondary N) is 1. The van der Waals surface area contributed by atoms with Crippen molar-refractivity contribution in [2.75, 3.05) is 12.8 Å². The van der Waals surface area contributed by atoms with E-state index < -0.39 is 15.8 Å². The Morgan fingerprint density at radius 3 is 2.57 bits per heavy atom. The van der Waals surface area contributed by atoms with E-state index in [-0.39, 0.29) is 22.7 Å². The Bertz CT molecular complexity index is 748. The molecule has 5 nitrogen and oxygen atoms in total. The Morgan fingerprint density at radius 2 is 1.95 bits per heavy atom. The van der Waals surface area contributed by atoms with E-state index >= 15 is 0 Å². The zero-order valence-corrected chi connectivity index (χ0v) is 12.2. The van der Waals surface area contributed by atoms with E-state index in [2.05, 4.69) is 4.72 Å². The monoisotopic (exact) mass is 310 g/mol. The molecule has 0 radical (unpaired) electrons. The first-order valence-electron chi connectivity index (χ1n) is 6.10. The largest absolute Gasteiger partial charge is 0.495 e. The van der Waals surface area contributed by atoms with Crippen LogP contribution in [0.15, 0.2) is 47.4 Å². The van der Waals surface area contributed by atoms with Crippen LogP contribution in [0, 0.1) is 5.82 Å². The number of sulfonamides is 1. The Morgan fingerprint density at radius 1 is 1.24 bits per heavy atom. The third kappa shape index (κ3) is 3.50. The lowest BCUT2D eigenvalue weighted by Crippen LogP contribution is -2.23. The van der Waals surface area contributed by atoms with Gasteiger partial charge >= 0.3 is 0 Å². The van der Waals surface area contributed by atoms with Gasteiger partial charge in [-0.2, -0.15) is 0 Å². The van der Waals surface area contributed by atoms with Crippen LogP contribution in [0.4, 0.5) is 10.1 Å². The predicted molar refractivity (Wildman–Crippen MR) is 77.8 cm³/mol. The molecule has 0 atom stereocenters. The average molecular weight is 310 g/mol. The van der Waals surface area contributed by atoms with Crippen LogP contribution in [-0.4, -0.2) is 15.5 Å². The summed E-state index contributed by atoms with van der Waals surface area (Å²) in [5, 5.41) is 0. The molecule has 0 aliphatic heterocycles. The Balaban J connectivity index is 2.19. The number of nitrogen functional groups attached to an aromatic ring is 1. The van der Waals surface area contributed by atoms with Gasteiger partial charge in [-0.3, -0.25) is 0 Å². The molecule has 7 heteroatoms. The van der Waals surface area contributed by atoms with Gasteiger partial charge in [0.1, 0.15) is 11.6 Å². The van der Waals surface area contributed by atoms with Crippen LogP contribution >= 0.6 is 0 Å². The summed E-state index contributed by atoms with van der Waals surface area (Å²) < 4.78 is 45.0. The minimum atomic E-state index is -3.77. The molecule has 0 aliphatic rings. The first-order chi connectivity index (χ1) is 9.94. The molecule has 112 valence electrons. The number of rotatable bonds is 5. The molecule has 0 spiro atoms. The highest BCUT2D eigenvalue weighted by Gasteiger charge is 2.16. The highest BCUT2D eigenvalue weighted by atomic mass is 32.2. The molecule has 0 unspecified atom stereocenters. The topological polar surface area (TPSA) is 81.4 Å². The van der Waals surface area contributed by atoms with Crippen LogP contribution in [0.1, 0.15) is 5.56 Å². The summed E-state index contributed by atoms with van der Waals surface area (Å²) in [4.78, 5) is -0.00265. The fourth-order valence-electron chi connectivity index (χ4n) is 1.78. The van der Waals surface area contributed by atoms with Crippen molar-refractivity contribution in [2.24, 2.45) is 0 Å². The second kappa shape index (κ2) is 6.11. The summed E-state index contributed by atoms with van der Waals surface area (Å²) >= 11 is 0. The highest BCUT2D eigenvalue weighted by Crippen LogP contribution is 2.24. The number of hydrogen-bond donors (Lipinski definition) is 2. The lowest BCUT2D eigenvalue weighted by molar-refractivity contribution is 0.416. The van der Waals surface area contributed by atoms with Crippen molar-refractivity contribution in [1.82, 2.24) is 4.72 Å². The van der Waals surface area contributed by atoms with Crippen LogP contribution in [0.2, 0.25) is 0 Å².